The van der Waals surface area contributed by atoms with Crippen LogP contribution in [0.2, 0.25) is 0 Å². The number of hydrogen-bond donors (Lipinski definition) is 0. The minimum Gasteiger partial charge on any atom is -0.341 e. The molecule has 0 radical (unpaired) electrons. The fraction of sp³-hybridized carbons (Fsp3) is 0.421. The number of fused-ring (bicyclic) bond motifs is 3. The Morgan fingerprint density at radius 1 is 1.16 bits per heavy atom. The van der Waals surface area contributed by atoms with Gasteiger partial charge < -0.3 is 4.90 Å². The average Bonchev–Trinajstić information content (AvgIpc) is 2.80. The van der Waals surface area contributed by atoms with Crippen LogP contribution in [0.1, 0.15) is 31.4 Å². The summed E-state index contributed by atoms with van der Waals surface area (Å²) in [6.45, 7) is 3.51. The minimum atomic E-state index is -0.166. The van der Waals surface area contributed by atoms with Crippen LogP contribution < -0.4 is 5.56 Å². The number of nitrogens with zero attached hydrogens (tertiary/aromatic N) is 3. The van der Waals surface area contributed by atoms with Gasteiger partial charge in [-0.2, -0.15) is 5.10 Å². The van der Waals surface area contributed by atoms with Crippen LogP contribution in [-0.2, 0) is 11.3 Å². The van der Waals surface area contributed by atoms with Gasteiger partial charge in [0.15, 0.2) is 0 Å². The monoisotopic (exact) mass is 355 g/mol. The third-order valence-electron chi connectivity index (χ3n) is 4.89. The number of rotatable bonds is 2. The maximum atomic E-state index is 13.0. The number of hydrogen-bond acceptors (Lipinski definition) is 4. The third kappa shape index (κ3) is 2.95. The van der Waals surface area contributed by atoms with Crippen LogP contribution in [0.5, 0.6) is 0 Å². The zero-order valence-corrected chi connectivity index (χ0v) is 15.1. The van der Waals surface area contributed by atoms with E-state index in [4.69, 9.17) is 0 Å². The second-order valence-corrected chi connectivity index (χ2v) is 7.70. The molecule has 25 heavy (non-hydrogen) atoms. The summed E-state index contributed by atoms with van der Waals surface area (Å²) in [5.74, 6) is -0.00483. The van der Waals surface area contributed by atoms with Crippen molar-refractivity contribution in [2.75, 3.05) is 13.1 Å². The molecule has 1 amide bonds. The van der Waals surface area contributed by atoms with E-state index in [1.807, 2.05) is 36.1 Å². The quantitative estimate of drug-likeness (QED) is 0.708. The Balaban J connectivity index is 1.75. The lowest BCUT2D eigenvalue weighted by Crippen LogP contribution is -2.38. The molecule has 1 saturated heterocycles. The Kier molecular flexibility index (Phi) is 4.29. The third-order valence-corrected chi connectivity index (χ3v) is 6.17. The van der Waals surface area contributed by atoms with Crippen molar-refractivity contribution in [1.82, 2.24) is 14.7 Å². The van der Waals surface area contributed by atoms with E-state index in [-0.39, 0.29) is 18.0 Å². The van der Waals surface area contributed by atoms with Gasteiger partial charge in [-0.3, -0.25) is 9.59 Å². The Morgan fingerprint density at radius 3 is 2.64 bits per heavy atom. The standard InChI is InChI=1S/C19H21N3O2S/c1-13-18-17(14-8-4-5-9-15(14)25-18)19(24)22(20-13)12-16(23)21-10-6-2-3-7-11-21/h4-5,8-9H,2-3,6-7,10-12H2,1H3. The largest absolute Gasteiger partial charge is 0.341 e. The van der Waals surface area contributed by atoms with Gasteiger partial charge in [-0.25, -0.2) is 4.68 Å². The normalized spacial score (nSPS) is 15.6. The van der Waals surface area contributed by atoms with Crippen LogP contribution in [0, 0.1) is 6.92 Å². The molecule has 0 N–H and O–H groups in total. The Hall–Kier alpha value is -2.21. The Bertz CT molecular complexity index is 997. The van der Waals surface area contributed by atoms with Gasteiger partial charge >= 0.3 is 0 Å². The van der Waals surface area contributed by atoms with Crippen LogP contribution in [0.15, 0.2) is 29.1 Å². The van der Waals surface area contributed by atoms with E-state index in [1.54, 1.807) is 11.3 Å². The molecule has 3 heterocycles. The predicted molar refractivity (Wildman–Crippen MR) is 101 cm³/mol. The van der Waals surface area contributed by atoms with E-state index in [2.05, 4.69) is 5.10 Å². The summed E-state index contributed by atoms with van der Waals surface area (Å²) in [4.78, 5) is 27.5. The van der Waals surface area contributed by atoms with Gasteiger partial charge in [0, 0.05) is 23.2 Å². The van der Waals surface area contributed by atoms with E-state index >= 15 is 0 Å². The van der Waals surface area contributed by atoms with Gasteiger partial charge in [-0.1, -0.05) is 31.0 Å². The van der Waals surface area contributed by atoms with Crippen LogP contribution in [0.3, 0.4) is 0 Å². The number of thiophene rings is 1. The molecule has 0 aliphatic carbocycles. The summed E-state index contributed by atoms with van der Waals surface area (Å²) in [5.41, 5.74) is 0.640. The summed E-state index contributed by atoms with van der Waals surface area (Å²) in [6, 6.07) is 7.90. The highest BCUT2D eigenvalue weighted by molar-refractivity contribution is 7.26. The summed E-state index contributed by atoms with van der Waals surface area (Å²) in [7, 11) is 0. The van der Waals surface area contributed by atoms with Gasteiger partial charge in [-0.05, 0) is 25.8 Å². The van der Waals surface area contributed by atoms with Crippen molar-refractivity contribution in [2.24, 2.45) is 0 Å². The summed E-state index contributed by atoms with van der Waals surface area (Å²) in [6.07, 6.45) is 4.43. The zero-order valence-electron chi connectivity index (χ0n) is 14.3. The minimum absolute atomic E-state index is 0.00483. The molecule has 0 bridgehead atoms. The number of likely N-dealkylation sites (tertiary alicyclic amines) is 1. The summed E-state index contributed by atoms with van der Waals surface area (Å²) in [5, 5.41) is 6.07. The van der Waals surface area contributed by atoms with Crippen molar-refractivity contribution in [1.29, 1.82) is 0 Å². The highest BCUT2D eigenvalue weighted by Gasteiger charge is 2.19. The number of benzene rings is 1. The molecule has 0 unspecified atom stereocenters. The number of aromatic nitrogens is 2. The number of carbonyl (C=O) groups is 1. The molecule has 1 aliphatic heterocycles. The molecule has 0 saturated carbocycles. The average molecular weight is 355 g/mol. The van der Waals surface area contributed by atoms with Crippen LogP contribution in [0.25, 0.3) is 20.2 Å². The Labute approximate surface area is 149 Å². The number of aryl methyl sites for hydroxylation is 1. The first-order valence-corrected chi connectivity index (χ1v) is 9.63. The first-order valence-electron chi connectivity index (χ1n) is 8.82. The smallest absolute Gasteiger partial charge is 0.276 e. The van der Waals surface area contributed by atoms with Crippen molar-refractivity contribution < 1.29 is 4.79 Å². The van der Waals surface area contributed by atoms with E-state index in [1.165, 1.54) is 17.5 Å². The molecule has 0 spiro atoms. The van der Waals surface area contributed by atoms with Gasteiger partial charge in [0.1, 0.15) is 6.54 Å². The lowest BCUT2D eigenvalue weighted by molar-refractivity contribution is -0.132. The van der Waals surface area contributed by atoms with Crippen LogP contribution in [-0.4, -0.2) is 33.7 Å². The second kappa shape index (κ2) is 6.59. The molecule has 130 valence electrons. The fourth-order valence-corrected chi connectivity index (χ4v) is 4.70. The van der Waals surface area contributed by atoms with Gasteiger partial charge in [0.25, 0.3) is 5.56 Å². The second-order valence-electron chi connectivity index (χ2n) is 6.65. The number of amides is 1. The maximum absolute atomic E-state index is 13.0. The van der Waals surface area contributed by atoms with E-state index in [0.717, 1.165) is 46.4 Å². The molecule has 6 heteroatoms. The SMILES string of the molecule is Cc1nn(CC(=O)N2CCCCCC2)c(=O)c2c1sc1ccccc12. The maximum Gasteiger partial charge on any atom is 0.276 e. The van der Waals surface area contributed by atoms with Gasteiger partial charge in [0.2, 0.25) is 5.91 Å². The fourth-order valence-electron chi connectivity index (χ4n) is 3.57. The lowest BCUT2D eigenvalue weighted by Gasteiger charge is -2.20. The first-order chi connectivity index (χ1) is 12.1. The molecular formula is C19H21N3O2S. The molecule has 0 atom stereocenters. The summed E-state index contributed by atoms with van der Waals surface area (Å²) >= 11 is 1.59. The van der Waals surface area contributed by atoms with E-state index < -0.39 is 0 Å². The van der Waals surface area contributed by atoms with E-state index in [9.17, 15) is 9.59 Å². The lowest BCUT2D eigenvalue weighted by atomic mass is 10.2. The molecule has 2 aromatic heterocycles. The highest BCUT2D eigenvalue weighted by atomic mass is 32.1. The molecule has 1 aliphatic rings. The highest BCUT2D eigenvalue weighted by Crippen LogP contribution is 2.32. The Morgan fingerprint density at radius 2 is 1.88 bits per heavy atom. The summed E-state index contributed by atoms with van der Waals surface area (Å²) < 4.78 is 3.35. The molecule has 3 aromatic rings. The van der Waals surface area contributed by atoms with Gasteiger partial charge in [-0.15, -0.1) is 11.3 Å². The predicted octanol–water partition coefficient (Wildman–Crippen LogP) is 3.32. The van der Waals surface area contributed by atoms with Crippen molar-refractivity contribution in [2.45, 2.75) is 39.2 Å². The van der Waals surface area contributed by atoms with Crippen LogP contribution in [0.4, 0.5) is 0 Å². The molecule has 4 rings (SSSR count). The molecule has 1 aromatic carbocycles. The zero-order chi connectivity index (χ0) is 17.4. The topological polar surface area (TPSA) is 55.2 Å². The van der Waals surface area contributed by atoms with Gasteiger partial charge in [0.05, 0.1) is 15.8 Å². The van der Waals surface area contributed by atoms with Crippen molar-refractivity contribution in [3.8, 4) is 0 Å². The van der Waals surface area contributed by atoms with Crippen molar-refractivity contribution in [3.05, 3.63) is 40.3 Å². The van der Waals surface area contributed by atoms with Crippen LogP contribution >= 0.6 is 11.3 Å². The van der Waals surface area contributed by atoms with E-state index in [0.29, 0.717) is 5.39 Å². The molecule has 5 nitrogen and oxygen atoms in total. The number of carbonyl (C=O) groups excluding carboxylic acids is 1. The first kappa shape index (κ1) is 16.3. The molecular weight excluding hydrogens is 334 g/mol. The van der Waals surface area contributed by atoms with Crippen molar-refractivity contribution in [3.63, 3.8) is 0 Å². The molecule has 1 fully saturated rings. The van der Waals surface area contributed by atoms with Crippen molar-refractivity contribution >= 4 is 37.4 Å².